The van der Waals surface area contributed by atoms with Gasteiger partial charge in [-0.3, -0.25) is 24.5 Å². The van der Waals surface area contributed by atoms with E-state index in [1.54, 1.807) is 30.3 Å². The standard InChI is InChI=1S/C40H45NO17/c1-22(42)34(20-54-36(48)15-12-25-10-13-29(43)31(45)17-25)57-40(52)35(58-38(50)24(3)56-37(49)23(2)53-4)21-55-39(51)28(16-26-11-14-30(44)32(46)18-26)41-19-33(47)27-8-6-5-7-9-27/h5-11,13-14,17-18,23-24,28,34-35,41,43-46H,12,15-16,19-21H2,1-4H3/t23-,24-,28?,34-,35-/m0/s1. The molecule has 18 heteroatoms. The van der Waals surface area contributed by atoms with E-state index in [0.29, 0.717) is 16.7 Å². The molecular formula is C40H45NO17. The van der Waals surface area contributed by atoms with Gasteiger partial charge in [0.05, 0.1) is 6.54 Å². The van der Waals surface area contributed by atoms with Gasteiger partial charge in [-0.1, -0.05) is 42.5 Å². The molecule has 0 aliphatic rings. The minimum Gasteiger partial charge on any atom is -0.504 e. The highest BCUT2D eigenvalue weighted by molar-refractivity contribution is 5.98. The summed E-state index contributed by atoms with van der Waals surface area (Å²) in [6.45, 7) is 1.36. The zero-order valence-corrected chi connectivity index (χ0v) is 32.1. The summed E-state index contributed by atoms with van der Waals surface area (Å²) in [5.74, 6) is -8.40. The van der Waals surface area contributed by atoms with Gasteiger partial charge in [-0.15, -0.1) is 0 Å². The fraction of sp³-hybridized carbons (Fsp3) is 0.375. The van der Waals surface area contributed by atoms with Crippen molar-refractivity contribution in [3.63, 3.8) is 0 Å². The normalized spacial score (nSPS) is 13.4. The predicted molar refractivity (Wildman–Crippen MR) is 199 cm³/mol. The molecule has 1 unspecified atom stereocenters. The van der Waals surface area contributed by atoms with E-state index in [2.05, 4.69) is 5.32 Å². The van der Waals surface area contributed by atoms with Crippen LogP contribution in [0.2, 0.25) is 0 Å². The molecule has 0 aliphatic heterocycles. The average molecular weight is 812 g/mol. The number of aryl methyl sites for hydroxylation is 1. The lowest BCUT2D eigenvalue weighted by Gasteiger charge is -2.23. The number of hydrogen-bond donors (Lipinski definition) is 5. The number of phenolic OH excluding ortho intramolecular Hbond substituents is 4. The molecule has 0 spiro atoms. The van der Waals surface area contributed by atoms with Crippen LogP contribution in [0.1, 0.15) is 48.7 Å². The molecule has 0 heterocycles. The van der Waals surface area contributed by atoms with Crippen LogP contribution in [0.5, 0.6) is 23.0 Å². The van der Waals surface area contributed by atoms with Gasteiger partial charge < -0.3 is 48.8 Å². The van der Waals surface area contributed by atoms with Crippen LogP contribution in [0.25, 0.3) is 0 Å². The van der Waals surface area contributed by atoms with Crippen LogP contribution in [0.4, 0.5) is 0 Å². The van der Waals surface area contributed by atoms with Crippen LogP contribution in [-0.2, 0) is 70.0 Å². The zero-order valence-electron chi connectivity index (χ0n) is 32.1. The summed E-state index contributed by atoms with van der Waals surface area (Å²) in [7, 11) is 1.23. The highest BCUT2D eigenvalue weighted by Gasteiger charge is 2.35. The molecule has 0 fully saturated rings. The van der Waals surface area contributed by atoms with Crippen LogP contribution >= 0.6 is 0 Å². The second-order valence-electron chi connectivity index (χ2n) is 12.8. The molecule has 0 saturated heterocycles. The van der Waals surface area contributed by atoms with Crippen molar-refractivity contribution in [1.82, 2.24) is 5.32 Å². The van der Waals surface area contributed by atoms with E-state index < -0.39 is 102 Å². The molecule has 3 aromatic rings. The second kappa shape index (κ2) is 22.3. The summed E-state index contributed by atoms with van der Waals surface area (Å²) in [6, 6.07) is 14.5. The number of methoxy groups -OCH3 is 1. The molecule has 3 aromatic carbocycles. The lowest BCUT2D eigenvalue weighted by atomic mass is 10.0. The third kappa shape index (κ3) is 14.5. The number of benzene rings is 3. The number of hydrogen-bond acceptors (Lipinski definition) is 18. The van der Waals surface area contributed by atoms with Crippen LogP contribution in [-0.4, -0.2) is 119 Å². The Balaban J connectivity index is 1.77. The minimum atomic E-state index is -2.08. The van der Waals surface area contributed by atoms with E-state index in [4.69, 9.17) is 28.4 Å². The van der Waals surface area contributed by atoms with Crippen molar-refractivity contribution >= 4 is 41.4 Å². The van der Waals surface area contributed by atoms with Crippen molar-refractivity contribution < 1.29 is 82.4 Å². The molecule has 0 saturated carbocycles. The van der Waals surface area contributed by atoms with Crippen molar-refractivity contribution in [3.05, 3.63) is 83.4 Å². The lowest BCUT2D eigenvalue weighted by molar-refractivity contribution is -0.188. The van der Waals surface area contributed by atoms with Crippen molar-refractivity contribution in [2.24, 2.45) is 0 Å². The number of nitrogens with one attached hydrogen (secondary N) is 1. The van der Waals surface area contributed by atoms with Crippen LogP contribution in [0.3, 0.4) is 0 Å². The minimum absolute atomic E-state index is 0.0800. The SMILES string of the molecule is CO[C@@H](C)C(=O)O[C@@H](C)C(=O)O[C@@H](COC(=O)C(Cc1ccc(O)c(O)c1)NCC(=O)c1ccccc1)C(=O)O[C@@H](COC(=O)CCc1ccc(O)c(O)c1)C(C)=O. The van der Waals surface area contributed by atoms with E-state index in [9.17, 15) is 54.0 Å². The summed E-state index contributed by atoms with van der Waals surface area (Å²) >= 11 is 0. The van der Waals surface area contributed by atoms with Crippen molar-refractivity contribution in [1.29, 1.82) is 0 Å². The number of rotatable bonds is 22. The molecule has 0 aromatic heterocycles. The largest absolute Gasteiger partial charge is 0.504 e. The van der Waals surface area contributed by atoms with Gasteiger partial charge in [-0.2, -0.15) is 0 Å². The molecular weight excluding hydrogens is 766 g/mol. The topological polar surface area (TPSA) is 268 Å². The lowest BCUT2D eigenvalue weighted by Crippen LogP contribution is -2.45. The number of carbonyl (C=O) groups excluding carboxylic acids is 7. The predicted octanol–water partition coefficient (Wildman–Crippen LogP) is 1.99. The van der Waals surface area contributed by atoms with Gasteiger partial charge in [0, 0.05) is 19.1 Å². The summed E-state index contributed by atoms with van der Waals surface area (Å²) < 4.78 is 30.8. The highest BCUT2D eigenvalue weighted by Crippen LogP contribution is 2.26. The molecule has 0 amide bonds. The molecule has 0 radical (unpaired) electrons. The zero-order chi connectivity index (χ0) is 42.9. The van der Waals surface area contributed by atoms with Crippen LogP contribution < -0.4 is 5.32 Å². The van der Waals surface area contributed by atoms with Gasteiger partial charge in [0.1, 0.15) is 19.3 Å². The number of carbonyl (C=O) groups is 7. The smallest absolute Gasteiger partial charge is 0.351 e. The molecule has 18 nitrogen and oxygen atoms in total. The molecule has 5 atom stereocenters. The van der Waals surface area contributed by atoms with Gasteiger partial charge in [0.15, 0.2) is 52.9 Å². The van der Waals surface area contributed by atoms with Gasteiger partial charge in [-0.25, -0.2) is 14.4 Å². The maximum absolute atomic E-state index is 13.5. The Hall–Kier alpha value is -6.53. The Kier molecular flexibility index (Phi) is 17.6. The summed E-state index contributed by atoms with van der Waals surface area (Å²) in [5, 5.41) is 41.7. The number of Topliss-reactive ketones (excluding diaryl/α,β-unsaturated/α-hetero) is 2. The van der Waals surface area contributed by atoms with Gasteiger partial charge in [0.2, 0.25) is 6.10 Å². The summed E-state index contributed by atoms with van der Waals surface area (Å²) in [6.07, 6.45) is -6.84. The Morgan fingerprint density at radius 1 is 0.638 bits per heavy atom. The molecule has 0 aliphatic carbocycles. The molecule has 5 N–H and O–H groups in total. The average Bonchev–Trinajstić information content (AvgIpc) is 3.20. The summed E-state index contributed by atoms with van der Waals surface area (Å²) in [5.41, 5.74) is 1.14. The highest BCUT2D eigenvalue weighted by atomic mass is 16.6. The Morgan fingerprint density at radius 3 is 1.81 bits per heavy atom. The van der Waals surface area contributed by atoms with Gasteiger partial charge in [-0.05, 0) is 69.0 Å². The first kappa shape index (κ1) is 45.9. The number of ether oxygens (including phenoxy) is 6. The van der Waals surface area contributed by atoms with E-state index in [1.807, 2.05) is 0 Å². The van der Waals surface area contributed by atoms with Crippen LogP contribution in [0, 0.1) is 0 Å². The third-order valence-electron chi connectivity index (χ3n) is 8.34. The quantitative estimate of drug-likeness (QED) is 0.0420. The summed E-state index contributed by atoms with van der Waals surface area (Å²) in [4.78, 5) is 90.0. The Labute approximate surface area is 332 Å². The molecule has 3 rings (SSSR count). The Bertz CT molecular complexity index is 1930. The van der Waals surface area contributed by atoms with Gasteiger partial charge >= 0.3 is 29.8 Å². The fourth-order valence-corrected chi connectivity index (χ4v) is 4.83. The monoisotopic (exact) mass is 811 g/mol. The molecule has 58 heavy (non-hydrogen) atoms. The van der Waals surface area contributed by atoms with E-state index in [1.165, 1.54) is 50.4 Å². The van der Waals surface area contributed by atoms with Crippen LogP contribution in [0.15, 0.2) is 66.7 Å². The number of ketones is 2. The van der Waals surface area contributed by atoms with E-state index in [-0.39, 0.29) is 31.6 Å². The van der Waals surface area contributed by atoms with E-state index >= 15 is 0 Å². The first-order valence-corrected chi connectivity index (χ1v) is 17.8. The molecule has 0 bridgehead atoms. The number of phenols is 4. The maximum atomic E-state index is 13.5. The maximum Gasteiger partial charge on any atom is 0.351 e. The molecule has 312 valence electrons. The Morgan fingerprint density at radius 2 is 1.21 bits per heavy atom. The number of esters is 5. The van der Waals surface area contributed by atoms with Crippen molar-refractivity contribution in [2.45, 2.75) is 70.5 Å². The van der Waals surface area contributed by atoms with Crippen molar-refractivity contribution in [2.75, 3.05) is 26.9 Å². The second-order valence-corrected chi connectivity index (χ2v) is 12.8. The first-order valence-electron chi connectivity index (χ1n) is 17.8. The first-order chi connectivity index (χ1) is 27.5. The van der Waals surface area contributed by atoms with E-state index in [0.717, 1.165) is 13.8 Å². The van der Waals surface area contributed by atoms with Crippen molar-refractivity contribution in [3.8, 4) is 23.0 Å². The number of aromatic hydroxyl groups is 4. The third-order valence-corrected chi connectivity index (χ3v) is 8.34. The fourth-order valence-electron chi connectivity index (χ4n) is 4.83. The van der Waals surface area contributed by atoms with Gasteiger partial charge in [0.25, 0.3) is 0 Å².